The van der Waals surface area contributed by atoms with E-state index >= 15 is 0 Å². The van der Waals surface area contributed by atoms with Gasteiger partial charge in [0.05, 0.1) is 6.54 Å². The number of aromatic nitrogens is 2. The van der Waals surface area contributed by atoms with Crippen molar-refractivity contribution >= 4 is 6.03 Å². The number of hydrogen-bond acceptors (Lipinski definition) is 4. The molecule has 25 heavy (non-hydrogen) atoms. The monoisotopic (exact) mass is 346 g/mol. The Bertz CT molecular complexity index is 715. The van der Waals surface area contributed by atoms with Gasteiger partial charge in [0.15, 0.2) is 5.82 Å². The Morgan fingerprint density at radius 2 is 2.20 bits per heavy atom. The Labute approximate surface area is 146 Å². The molecule has 7 heteroatoms. The third kappa shape index (κ3) is 4.55. The summed E-state index contributed by atoms with van der Waals surface area (Å²) in [7, 11) is 0. The predicted octanol–water partition coefficient (Wildman–Crippen LogP) is 3.21. The number of amides is 2. The van der Waals surface area contributed by atoms with Crippen LogP contribution in [-0.4, -0.2) is 33.7 Å². The fourth-order valence-corrected chi connectivity index (χ4v) is 2.85. The highest BCUT2D eigenvalue weighted by atomic mass is 19.1. The Hall–Kier alpha value is -2.44. The van der Waals surface area contributed by atoms with E-state index in [-0.39, 0.29) is 17.9 Å². The summed E-state index contributed by atoms with van der Waals surface area (Å²) in [6, 6.07) is 6.66. The van der Waals surface area contributed by atoms with Crippen LogP contribution < -0.4 is 5.32 Å². The van der Waals surface area contributed by atoms with Crippen LogP contribution in [-0.2, 0) is 13.0 Å². The second-order valence-electron chi connectivity index (χ2n) is 6.37. The molecule has 6 nitrogen and oxygen atoms in total. The third-order valence-electron chi connectivity index (χ3n) is 4.49. The molecule has 2 aromatic rings. The van der Waals surface area contributed by atoms with Gasteiger partial charge >= 0.3 is 6.03 Å². The van der Waals surface area contributed by atoms with Gasteiger partial charge in [-0.15, -0.1) is 0 Å². The maximum atomic E-state index is 13.9. The minimum atomic E-state index is -0.272. The second-order valence-corrected chi connectivity index (χ2v) is 6.37. The number of rotatable bonds is 7. The van der Waals surface area contributed by atoms with E-state index in [0.29, 0.717) is 43.2 Å². The Kier molecular flexibility index (Phi) is 5.63. The lowest BCUT2D eigenvalue weighted by atomic mass is 9.91. The molecule has 0 unspecified atom stereocenters. The quantitative estimate of drug-likeness (QED) is 0.782. The van der Waals surface area contributed by atoms with Crippen LogP contribution in [0, 0.1) is 12.7 Å². The zero-order valence-corrected chi connectivity index (χ0v) is 14.4. The maximum absolute atomic E-state index is 13.9. The van der Waals surface area contributed by atoms with Gasteiger partial charge in [-0.2, -0.15) is 4.98 Å². The molecule has 1 N–H and O–H groups in total. The summed E-state index contributed by atoms with van der Waals surface area (Å²) in [6.07, 6.45) is 4.40. The van der Waals surface area contributed by atoms with Crippen LogP contribution in [0.2, 0.25) is 0 Å². The summed E-state index contributed by atoms with van der Waals surface area (Å²) in [4.78, 5) is 18.4. The molecule has 1 aliphatic carbocycles. The first kappa shape index (κ1) is 17.4. The predicted molar refractivity (Wildman–Crippen MR) is 90.3 cm³/mol. The number of carbonyl (C=O) groups excluding carboxylic acids is 1. The number of nitrogens with one attached hydrogen (secondary N) is 1. The minimum absolute atomic E-state index is 0.144. The lowest BCUT2D eigenvalue weighted by molar-refractivity contribution is 0.132. The first-order valence-electron chi connectivity index (χ1n) is 8.70. The zero-order valence-electron chi connectivity index (χ0n) is 14.4. The number of urea groups is 1. The van der Waals surface area contributed by atoms with Gasteiger partial charge in [-0.3, -0.25) is 0 Å². The van der Waals surface area contributed by atoms with Crippen LogP contribution >= 0.6 is 0 Å². The number of halogens is 1. The molecule has 0 atom stereocenters. The van der Waals surface area contributed by atoms with E-state index in [0.717, 1.165) is 19.3 Å². The average molecular weight is 346 g/mol. The maximum Gasteiger partial charge on any atom is 0.317 e. The van der Waals surface area contributed by atoms with Crippen molar-refractivity contribution < 1.29 is 13.7 Å². The molecule has 1 aromatic heterocycles. The SMILES string of the molecule is Cc1noc(CCCNC(=O)N(Cc2ccccc2F)C2CCC2)n1. The first-order valence-corrected chi connectivity index (χ1v) is 8.70. The van der Waals surface area contributed by atoms with Crippen LogP contribution in [0.4, 0.5) is 9.18 Å². The van der Waals surface area contributed by atoms with Gasteiger partial charge in [0, 0.05) is 24.6 Å². The summed E-state index contributed by atoms with van der Waals surface area (Å²) in [5.74, 6) is 0.917. The molecule has 1 aromatic carbocycles. The van der Waals surface area contributed by atoms with Gasteiger partial charge < -0.3 is 14.7 Å². The van der Waals surface area contributed by atoms with Crippen molar-refractivity contribution in [2.24, 2.45) is 0 Å². The summed E-state index contributed by atoms with van der Waals surface area (Å²) in [6.45, 7) is 2.58. The highest BCUT2D eigenvalue weighted by molar-refractivity contribution is 5.74. The molecule has 1 saturated carbocycles. The van der Waals surface area contributed by atoms with E-state index in [4.69, 9.17) is 4.52 Å². The molecule has 0 aliphatic heterocycles. The summed E-state index contributed by atoms with van der Waals surface area (Å²) >= 11 is 0. The Morgan fingerprint density at radius 1 is 1.40 bits per heavy atom. The fourth-order valence-electron chi connectivity index (χ4n) is 2.85. The molecule has 1 fully saturated rings. The Morgan fingerprint density at radius 3 is 2.84 bits per heavy atom. The highest BCUT2D eigenvalue weighted by Crippen LogP contribution is 2.26. The topological polar surface area (TPSA) is 71.3 Å². The van der Waals surface area contributed by atoms with Crippen molar-refractivity contribution in [3.8, 4) is 0 Å². The lowest BCUT2D eigenvalue weighted by Gasteiger charge is -2.37. The summed E-state index contributed by atoms with van der Waals surface area (Å²) in [5, 5.41) is 6.66. The van der Waals surface area contributed by atoms with Crippen LogP contribution in [0.5, 0.6) is 0 Å². The fraction of sp³-hybridized carbons (Fsp3) is 0.500. The number of hydrogen-bond donors (Lipinski definition) is 1. The smallest absolute Gasteiger partial charge is 0.317 e. The van der Waals surface area contributed by atoms with E-state index in [1.807, 2.05) is 0 Å². The lowest BCUT2D eigenvalue weighted by Crippen LogP contribution is -2.48. The van der Waals surface area contributed by atoms with E-state index in [2.05, 4.69) is 15.5 Å². The molecule has 134 valence electrons. The molecule has 0 bridgehead atoms. The number of nitrogens with zero attached hydrogens (tertiary/aromatic N) is 3. The van der Waals surface area contributed by atoms with Gasteiger partial charge in [-0.1, -0.05) is 23.4 Å². The summed E-state index contributed by atoms with van der Waals surface area (Å²) < 4.78 is 19.0. The first-order chi connectivity index (χ1) is 12.1. The molecule has 2 amide bonds. The van der Waals surface area contributed by atoms with Crippen molar-refractivity contribution in [2.45, 2.75) is 51.6 Å². The third-order valence-corrected chi connectivity index (χ3v) is 4.49. The molecule has 0 radical (unpaired) electrons. The van der Waals surface area contributed by atoms with Crippen LogP contribution in [0.15, 0.2) is 28.8 Å². The average Bonchev–Trinajstić information content (AvgIpc) is 2.96. The largest absolute Gasteiger partial charge is 0.339 e. The van der Waals surface area contributed by atoms with Gasteiger partial charge in [0.1, 0.15) is 5.82 Å². The molecular formula is C18H23FN4O2. The molecule has 0 spiro atoms. The van der Waals surface area contributed by atoms with Crippen LogP contribution in [0.1, 0.15) is 43.0 Å². The normalized spacial score (nSPS) is 14.2. The molecular weight excluding hydrogens is 323 g/mol. The van der Waals surface area contributed by atoms with E-state index in [9.17, 15) is 9.18 Å². The van der Waals surface area contributed by atoms with Crippen molar-refractivity contribution in [1.82, 2.24) is 20.4 Å². The standard InChI is InChI=1S/C18H23FN4O2/c1-13-21-17(25-22-13)10-5-11-20-18(24)23(15-7-4-8-15)12-14-6-2-3-9-16(14)19/h2-3,6,9,15H,4-5,7-8,10-12H2,1H3,(H,20,24). The highest BCUT2D eigenvalue weighted by Gasteiger charge is 2.29. The van der Waals surface area contributed by atoms with Gasteiger partial charge in [-0.05, 0) is 38.7 Å². The van der Waals surface area contributed by atoms with E-state index in [1.165, 1.54) is 6.07 Å². The minimum Gasteiger partial charge on any atom is -0.339 e. The van der Waals surface area contributed by atoms with Crippen LogP contribution in [0.3, 0.4) is 0 Å². The van der Waals surface area contributed by atoms with Crippen LogP contribution in [0.25, 0.3) is 0 Å². The van der Waals surface area contributed by atoms with Crippen molar-refractivity contribution in [3.05, 3.63) is 47.4 Å². The number of benzene rings is 1. The Balaban J connectivity index is 1.51. The van der Waals surface area contributed by atoms with Gasteiger partial charge in [0.2, 0.25) is 5.89 Å². The molecule has 3 rings (SSSR count). The second kappa shape index (κ2) is 8.09. The molecule has 1 heterocycles. The van der Waals surface area contributed by atoms with Crippen molar-refractivity contribution in [1.29, 1.82) is 0 Å². The van der Waals surface area contributed by atoms with E-state index < -0.39 is 0 Å². The number of carbonyl (C=O) groups is 1. The van der Waals surface area contributed by atoms with Crippen molar-refractivity contribution in [3.63, 3.8) is 0 Å². The zero-order chi connectivity index (χ0) is 17.6. The van der Waals surface area contributed by atoms with Crippen molar-refractivity contribution in [2.75, 3.05) is 6.54 Å². The molecule has 1 aliphatic rings. The summed E-state index contributed by atoms with van der Waals surface area (Å²) in [5.41, 5.74) is 0.547. The van der Waals surface area contributed by atoms with E-state index in [1.54, 1.807) is 30.0 Å². The van der Waals surface area contributed by atoms with Gasteiger partial charge in [-0.25, -0.2) is 9.18 Å². The number of aryl methyl sites for hydroxylation is 2. The molecule has 0 saturated heterocycles. The van der Waals surface area contributed by atoms with Gasteiger partial charge in [0.25, 0.3) is 0 Å².